The van der Waals surface area contributed by atoms with E-state index >= 15 is 0 Å². The zero-order valence-electron chi connectivity index (χ0n) is 27.0. The predicted molar refractivity (Wildman–Crippen MR) is 203 cm³/mol. The molecule has 5 heterocycles. The lowest BCUT2D eigenvalue weighted by molar-refractivity contribution is 0.668. The van der Waals surface area contributed by atoms with Gasteiger partial charge in [-0.2, -0.15) is 0 Å². The summed E-state index contributed by atoms with van der Waals surface area (Å²) < 4.78 is 14.9. The SMILES string of the molecule is c1ccc(-n2c3ccccc3c3ccccc32)c(-c2nc(-c3cccc4oc5ccccc5c34)nc(-c3cccc4oc5ccncc5c34)n2)c1. The summed E-state index contributed by atoms with van der Waals surface area (Å²) in [5, 5.41) is 6.15. The molecule has 0 atom stereocenters. The lowest BCUT2D eigenvalue weighted by atomic mass is 10.0. The summed E-state index contributed by atoms with van der Waals surface area (Å²) in [6.07, 6.45) is 3.58. The molecule has 5 aromatic heterocycles. The monoisotopic (exact) mass is 655 g/mol. The van der Waals surface area contributed by atoms with Gasteiger partial charge in [-0.15, -0.1) is 0 Å². The van der Waals surface area contributed by atoms with Crippen molar-refractivity contribution in [2.24, 2.45) is 0 Å². The minimum absolute atomic E-state index is 0.536. The predicted octanol–water partition coefficient (Wildman–Crippen LogP) is 11.2. The maximum atomic E-state index is 6.30. The highest BCUT2D eigenvalue weighted by Crippen LogP contribution is 2.40. The molecule has 0 saturated heterocycles. The molecule has 0 fully saturated rings. The van der Waals surface area contributed by atoms with Crippen LogP contribution >= 0.6 is 0 Å². The molecule has 0 radical (unpaired) electrons. The van der Waals surface area contributed by atoms with Crippen LogP contribution in [0, 0.1) is 0 Å². The van der Waals surface area contributed by atoms with E-state index in [0.29, 0.717) is 17.5 Å². The average Bonchev–Trinajstić information content (AvgIpc) is 3.87. The van der Waals surface area contributed by atoms with Crippen LogP contribution in [0.15, 0.2) is 161 Å². The number of nitrogens with zero attached hydrogens (tertiary/aromatic N) is 5. The van der Waals surface area contributed by atoms with Crippen molar-refractivity contribution >= 4 is 65.7 Å². The highest BCUT2D eigenvalue weighted by Gasteiger charge is 2.22. The van der Waals surface area contributed by atoms with E-state index < -0.39 is 0 Å². The van der Waals surface area contributed by atoms with E-state index in [4.69, 9.17) is 23.8 Å². The molecule has 0 aliphatic heterocycles. The molecule has 0 saturated carbocycles. The van der Waals surface area contributed by atoms with E-state index in [1.807, 2.05) is 66.9 Å². The summed E-state index contributed by atoms with van der Waals surface area (Å²) >= 11 is 0. The van der Waals surface area contributed by atoms with Gasteiger partial charge in [0.2, 0.25) is 0 Å². The molecule has 0 spiro atoms. The Bertz CT molecular complexity index is 2980. The number of hydrogen-bond donors (Lipinski definition) is 0. The van der Waals surface area contributed by atoms with Crippen molar-refractivity contribution < 1.29 is 8.83 Å². The third-order valence-electron chi connectivity index (χ3n) is 9.78. The average molecular weight is 656 g/mol. The van der Waals surface area contributed by atoms with Crippen molar-refractivity contribution in [3.63, 3.8) is 0 Å². The van der Waals surface area contributed by atoms with Gasteiger partial charge >= 0.3 is 0 Å². The summed E-state index contributed by atoms with van der Waals surface area (Å²) in [5.41, 5.74) is 8.86. The number of fused-ring (bicyclic) bond motifs is 9. The number of pyridine rings is 1. The second-order valence-corrected chi connectivity index (χ2v) is 12.6. The first-order chi connectivity index (χ1) is 25.3. The molecule has 6 aromatic carbocycles. The van der Waals surface area contributed by atoms with E-state index in [9.17, 15) is 0 Å². The maximum Gasteiger partial charge on any atom is 0.166 e. The molecule has 0 aliphatic carbocycles. The Kier molecular flexibility index (Phi) is 5.83. The van der Waals surface area contributed by atoms with Crippen molar-refractivity contribution in [1.82, 2.24) is 24.5 Å². The first kappa shape index (κ1) is 27.8. The Morgan fingerprint density at radius 3 is 1.57 bits per heavy atom. The number of furan rings is 2. The maximum absolute atomic E-state index is 6.30. The molecule has 0 aliphatic rings. The van der Waals surface area contributed by atoms with Crippen LogP contribution in [-0.4, -0.2) is 24.5 Å². The van der Waals surface area contributed by atoms with Crippen molar-refractivity contribution in [3.8, 4) is 39.9 Å². The lowest BCUT2D eigenvalue weighted by Crippen LogP contribution is -2.04. The largest absolute Gasteiger partial charge is 0.456 e. The Hall–Kier alpha value is -7.12. The molecule has 51 heavy (non-hydrogen) atoms. The third kappa shape index (κ3) is 4.12. The van der Waals surface area contributed by atoms with Crippen molar-refractivity contribution in [1.29, 1.82) is 0 Å². The van der Waals surface area contributed by atoms with Gasteiger partial charge in [-0.05, 0) is 48.5 Å². The molecular formula is C44H25N5O2. The van der Waals surface area contributed by atoms with Crippen LogP contribution in [0.3, 0.4) is 0 Å². The number of rotatable bonds is 4. The Morgan fingerprint density at radius 2 is 0.882 bits per heavy atom. The van der Waals surface area contributed by atoms with Crippen molar-refractivity contribution in [2.75, 3.05) is 0 Å². The summed E-state index contributed by atoms with van der Waals surface area (Å²) in [7, 11) is 0. The molecule has 11 rings (SSSR count). The molecule has 11 aromatic rings. The van der Waals surface area contributed by atoms with Crippen LogP contribution < -0.4 is 0 Å². The van der Waals surface area contributed by atoms with E-state index in [-0.39, 0.29) is 0 Å². The standard InChI is InChI=1S/C44H25N5O2/c1-5-17-33-26(11-1)27-12-2-6-18-34(27)49(33)35-19-7-3-13-28(35)42-46-43(30-15-9-21-38-40(30)29-14-4-8-20-36(29)50-38)48-44(47-42)31-16-10-22-39-41(31)32-25-45-24-23-37(32)51-39/h1-25H. The van der Waals surface area contributed by atoms with Gasteiger partial charge in [-0.25, -0.2) is 15.0 Å². The van der Waals surface area contributed by atoms with Crippen molar-refractivity contribution in [3.05, 3.63) is 152 Å². The molecule has 0 N–H and O–H groups in total. The number of para-hydroxylation sites is 4. The number of benzene rings is 6. The zero-order chi connectivity index (χ0) is 33.5. The first-order valence-corrected chi connectivity index (χ1v) is 16.8. The van der Waals surface area contributed by atoms with Gasteiger partial charge in [-0.3, -0.25) is 4.98 Å². The molecule has 0 amide bonds. The minimum Gasteiger partial charge on any atom is -0.456 e. The molecule has 0 bridgehead atoms. The van der Waals surface area contributed by atoms with Crippen LogP contribution in [-0.2, 0) is 0 Å². The van der Waals surface area contributed by atoms with Crippen molar-refractivity contribution in [2.45, 2.75) is 0 Å². The zero-order valence-corrected chi connectivity index (χ0v) is 27.0. The Labute approximate surface area is 290 Å². The van der Waals surface area contributed by atoms with Crippen LogP contribution in [0.4, 0.5) is 0 Å². The van der Waals surface area contributed by atoms with Gasteiger partial charge in [0.25, 0.3) is 0 Å². The van der Waals surface area contributed by atoms with E-state index in [2.05, 4.69) is 88.4 Å². The third-order valence-corrected chi connectivity index (χ3v) is 9.78. The van der Waals surface area contributed by atoms with Gasteiger partial charge in [0.15, 0.2) is 17.5 Å². The topological polar surface area (TPSA) is 82.8 Å². The van der Waals surface area contributed by atoms with Gasteiger partial charge in [0.1, 0.15) is 22.3 Å². The molecule has 7 nitrogen and oxygen atoms in total. The molecule has 7 heteroatoms. The second-order valence-electron chi connectivity index (χ2n) is 12.6. The number of aromatic nitrogens is 5. The van der Waals surface area contributed by atoms with E-state index in [1.54, 1.807) is 6.20 Å². The van der Waals surface area contributed by atoms with Gasteiger partial charge in [0.05, 0.1) is 16.7 Å². The normalized spacial score (nSPS) is 11.9. The van der Waals surface area contributed by atoms with Gasteiger partial charge in [-0.1, -0.05) is 91.0 Å². The highest BCUT2D eigenvalue weighted by molar-refractivity contribution is 6.13. The smallest absolute Gasteiger partial charge is 0.166 e. The fraction of sp³-hybridized carbons (Fsp3) is 0. The quantitative estimate of drug-likeness (QED) is 0.188. The molecular weight excluding hydrogens is 631 g/mol. The fourth-order valence-electron chi connectivity index (χ4n) is 7.60. The highest BCUT2D eigenvalue weighted by atomic mass is 16.3. The van der Waals surface area contributed by atoms with E-state index in [1.165, 1.54) is 10.8 Å². The minimum atomic E-state index is 0.536. The summed E-state index contributed by atoms with van der Waals surface area (Å²) in [6, 6.07) is 47.4. The van der Waals surface area contributed by atoms with Crippen LogP contribution in [0.25, 0.3) is 106 Å². The summed E-state index contributed by atoms with van der Waals surface area (Å²) in [5.74, 6) is 1.64. The molecule has 0 unspecified atom stereocenters. The lowest BCUT2D eigenvalue weighted by Gasteiger charge is -2.15. The first-order valence-electron chi connectivity index (χ1n) is 16.8. The Balaban J connectivity index is 1.24. The van der Waals surface area contributed by atoms with Crippen LogP contribution in [0.5, 0.6) is 0 Å². The molecule has 238 valence electrons. The van der Waals surface area contributed by atoms with Gasteiger partial charge in [0, 0.05) is 61.4 Å². The van der Waals surface area contributed by atoms with E-state index in [0.717, 1.165) is 77.3 Å². The second kappa shape index (κ2) is 10.7. The fourth-order valence-corrected chi connectivity index (χ4v) is 7.60. The van der Waals surface area contributed by atoms with Crippen LogP contribution in [0.2, 0.25) is 0 Å². The summed E-state index contributed by atoms with van der Waals surface area (Å²) in [6.45, 7) is 0. The Morgan fingerprint density at radius 1 is 0.392 bits per heavy atom. The number of hydrogen-bond acceptors (Lipinski definition) is 6. The van der Waals surface area contributed by atoms with Gasteiger partial charge < -0.3 is 13.4 Å². The van der Waals surface area contributed by atoms with Crippen LogP contribution in [0.1, 0.15) is 0 Å². The summed E-state index contributed by atoms with van der Waals surface area (Å²) in [4.78, 5) is 20.2.